The van der Waals surface area contributed by atoms with Gasteiger partial charge in [-0.2, -0.15) is 0 Å². The molecule has 1 aromatic rings. The molecule has 0 bridgehead atoms. The lowest BCUT2D eigenvalue weighted by Gasteiger charge is -2.08. The number of methoxy groups -OCH3 is 1. The minimum absolute atomic E-state index is 0.0468. The number of halogens is 1. The van der Waals surface area contributed by atoms with Crippen LogP contribution in [0.15, 0.2) is 22.7 Å². The highest BCUT2D eigenvalue weighted by atomic mass is 79.9. The van der Waals surface area contributed by atoms with Crippen LogP contribution in [0.4, 0.5) is 0 Å². The van der Waals surface area contributed by atoms with E-state index in [0.29, 0.717) is 5.75 Å². The van der Waals surface area contributed by atoms with Crippen LogP contribution in [0.2, 0.25) is 0 Å². The van der Waals surface area contributed by atoms with Crippen LogP contribution in [0.1, 0.15) is 5.56 Å². The van der Waals surface area contributed by atoms with Gasteiger partial charge in [0.2, 0.25) is 0 Å². The maximum atomic E-state index is 11.2. The monoisotopic (exact) mass is 272 g/mol. The van der Waals surface area contributed by atoms with E-state index in [0.717, 1.165) is 10.0 Å². The van der Waals surface area contributed by atoms with Crippen LogP contribution in [0.25, 0.3) is 0 Å². The first-order valence-corrected chi connectivity index (χ1v) is 5.32. The van der Waals surface area contributed by atoms with Gasteiger partial charge in [0, 0.05) is 11.6 Å². The lowest BCUT2D eigenvalue weighted by atomic mass is 10.2. The summed E-state index contributed by atoms with van der Waals surface area (Å²) in [5, 5.41) is 0. The largest absolute Gasteiger partial charge is 0.485 e. The normalized spacial score (nSPS) is 10.1. The Morgan fingerprint density at radius 1 is 1.40 bits per heavy atom. The molecule has 0 spiro atoms. The summed E-state index contributed by atoms with van der Waals surface area (Å²) in [7, 11) is 1.49. The number of hydrogen-bond donors (Lipinski definition) is 0. The molecule has 3 nitrogen and oxygen atoms in total. The number of ketones is 1. The van der Waals surface area contributed by atoms with Crippen molar-refractivity contribution >= 4 is 21.7 Å². The molecule has 0 N–H and O–H groups in total. The average Bonchev–Trinajstić information content (AvgIpc) is 2.20. The van der Waals surface area contributed by atoms with E-state index in [1.54, 1.807) is 0 Å². The fraction of sp³-hybridized carbons (Fsp3) is 0.364. The van der Waals surface area contributed by atoms with Crippen molar-refractivity contribution in [2.75, 3.05) is 20.3 Å². The van der Waals surface area contributed by atoms with Crippen molar-refractivity contribution in [3.8, 4) is 5.75 Å². The van der Waals surface area contributed by atoms with Crippen LogP contribution in [-0.2, 0) is 9.53 Å². The quantitative estimate of drug-likeness (QED) is 0.826. The molecule has 4 heteroatoms. The summed E-state index contributed by atoms with van der Waals surface area (Å²) in [6.07, 6.45) is 0. The maximum absolute atomic E-state index is 11.2. The van der Waals surface area contributed by atoms with E-state index in [9.17, 15) is 4.79 Å². The summed E-state index contributed by atoms with van der Waals surface area (Å²) in [6.45, 7) is 2.07. The highest BCUT2D eigenvalue weighted by Gasteiger charge is 2.04. The number of aryl methyl sites for hydroxylation is 1. The molecule has 15 heavy (non-hydrogen) atoms. The Balaban J connectivity index is 2.57. The summed E-state index contributed by atoms with van der Waals surface area (Å²) in [5.41, 5.74) is 1.00. The molecule has 0 aliphatic heterocycles. The van der Waals surface area contributed by atoms with E-state index in [1.165, 1.54) is 7.11 Å². The molecule has 1 aromatic carbocycles. The SMILES string of the molecule is COCC(=O)COc1cc(Br)ccc1C. The first-order valence-electron chi connectivity index (χ1n) is 4.53. The average molecular weight is 273 g/mol. The Labute approximate surface area is 97.5 Å². The number of carbonyl (C=O) groups excluding carboxylic acids is 1. The molecular weight excluding hydrogens is 260 g/mol. The van der Waals surface area contributed by atoms with Crippen LogP contribution in [-0.4, -0.2) is 26.1 Å². The fourth-order valence-corrected chi connectivity index (χ4v) is 1.43. The van der Waals surface area contributed by atoms with Gasteiger partial charge in [-0.3, -0.25) is 4.79 Å². The third-order valence-corrected chi connectivity index (χ3v) is 2.34. The lowest BCUT2D eigenvalue weighted by molar-refractivity contribution is -0.124. The lowest BCUT2D eigenvalue weighted by Crippen LogP contribution is -2.16. The summed E-state index contributed by atoms with van der Waals surface area (Å²) in [4.78, 5) is 11.2. The van der Waals surface area contributed by atoms with E-state index >= 15 is 0 Å². The van der Waals surface area contributed by atoms with Crippen LogP contribution in [0.3, 0.4) is 0 Å². The van der Waals surface area contributed by atoms with Crippen molar-refractivity contribution in [3.63, 3.8) is 0 Å². The molecule has 0 aliphatic carbocycles. The van der Waals surface area contributed by atoms with Crippen LogP contribution < -0.4 is 4.74 Å². The number of hydrogen-bond acceptors (Lipinski definition) is 3. The number of ether oxygens (including phenoxy) is 2. The minimum Gasteiger partial charge on any atom is -0.485 e. The molecule has 1 rings (SSSR count). The Kier molecular flexibility index (Phi) is 4.78. The summed E-state index contributed by atoms with van der Waals surface area (Å²) in [5.74, 6) is 0.644. The zero-order valence-electron chi connectivity index (χ0n) is 8.75. The molecule has 0 fully saturated rings. The van der Waals surface area contributed by atoms with Crippen molar-refractivity contribution in [2.45, 2.75) is 6.92 Å². The second kappa shape index (κ2) is 5.88. The zero-order chi connectivity index (χ0) is 11.3. The summed E-state index contributed by atoms with van der Waals surface area (Å²) in [6, 6.07) is 5.70. The molecular formula is C11H13BrO3. The van der Waals surface area contributed by atoms with E-state index in [4.69, 9.17) is 9.47 Å². The van der Waals surface area contributed by atoms with E-state index in [1.807, 2.05) is 25.1 Å². The maximum Gasteiger partial charge on any atom is 0.195 e. The van der Waals surface area contributed by atoms with Gasteiger partial charge in [0.25, 0.3) is 0 Å². The van der Waals surface area contributed by atoms with Gasteiger partial charge in [-0.15, -0.1) is 0 Å². The predicted octanol–water partition coefficient (Wildman–Crippen LogP) is 2.35. The molecule has 0 saturated heterocycles. The number of benzene rings is 1. The molecule has 0 unspecified atom stereocenters. The first kappa shape index (κ1) is 12.2. The zero-order valence-corrected chi connectivity index (χ0v) is 10.3. The van der Waals surface area contributed by atoms with E-state index < -0.39 is 0 Å². The van der Waals surface area contributed by atoms with Crippen molar-refractivity contribution in [1.82, 2.24) is 0 Å². The first-order chi connectivity index (χ1) is 7.13. The van der Waals surface area contributed by atoms with Crippen molar-refractivity contribution in [3.05, 3.63) is 28.2 Å². The number of rotatable bonds is 5. The Morgan fingerprint density at radius 2 is 2.13 bits per heavy atom. The van der Waals surface area contributed by atoms with E-state index in [2.05, 4.69) is 15.9 Å². The second-order valence-corrected chi connectivity index (χ2v) is 4.09. The third kappa shape index (κ3) is 4.01. The van der Waals surface area contributed by atoms with Gasteiger partial charge in [-0.25, -0.2) is 0 Å². The van der Waals surface area contributed by atoms with Gasteiger partial charge in [0.15, 0.2) is 5.78 Å². The molecule has 82 valence electrons. The fourth-order valence-electron chi connectivity index (χ4n) is 1.09. The van der Waals surface area contributed by atoms with Crippen LogP contribution in [0, 0.1) is 6.92 Å². The Morgan fingerprint density at radius 3 is 2.80 bits per heavy atom. The van der Waals surface area contributed by atoms with E-state index in [-0.39, 0.29) is 19.0 Å². The second-order valence-electron chi connectivity index (χ2n) is 3.17. The van der Waals surface area contributed by atoms with Gasteiger partial charge < -0.3 is 9.47 Å². The highest BCUT2D eigenvalue weighted by molar-refractivity contribution is 9.10. The Bertz CT molecular complexity index is 350. The molecule has 0 radical (unpaired) electrons. The van der Waals surface area contributed by atoms with Crippen molar-refractivity contribution in [1.29, 1.82) is 0 Å². The van der Waals surface area contributed by atoms with Crippen molar-refractivity contribution in [2.24, 2.45) is 0 Å². The molecule has 0 aliphatic rings. The van der Waals surface area contributed by atoms with Gasteiger partial charge in [-0.05, 0) is 24.6 Å². The van der Waals surface area contributed by atoms with Crippen molar-refractivity contribution < 1.29 is 14.3 Å². The molecule has 0 atom stereocenters. The van der Waals surface area contributed by atoms with Crippen LogP contribution >= 0.6 is 15.9 Å². The minimum atomic E-state index is -0.0723. The van der Waals surface area contributed by atoms with Gasteiger partial charge in [0.1, 0.15) is 19.0 Å². The van der Waals surface area contributed by atoms with Gasteiger partial charge in [0.05, 0.1) is 0 Å². The third-order valence-electron chi connectivity index (χ3n) is 1.84. The van der Waals surface area contributed by atoms with Crippen LogP contribution in [0.5, 0.6) is 5.75 Å². The number of Topliss-reactive ketones (excluding diaryl/α,β-unsaturated/α-hetero) is 1. The molecule has 0 aromatic heterocycles. The molecule has 0 amide bonds. The molecule has 0 saturated carbocycles. The van der Waals surface area contributed by atoms with Gasteiger partial charge in [-0.1, -0.05) is 22.0 Å². The highest BCUT2D eigenvalue weighted by Crippen LogP contribution is 2.22. The number of carbonyl (C=O) groups is 1. The summed E-state index contributed by atoms with van der Waals surface area (Å²) >= 11 is 3.34. The predicted molar refractivity (Wildman–Crippen MR) is 61.3 cm³/mol. The molecule has 0 heterocycles. The summed E-state index contributed by atoms with van der Waals surface area (Å²) < 4.78 is 11.0. The topological polar surface area (TPSA) is 35.5 Å². The Hall–Kier alpha value is -0.870. The van der Waals surface area contributed by atoms with Gasteiger partial charge >= 0.3 is 0 Å². The smallest absolute Gasteiger partial charge is 0.195 e. The standard InChI is InChI=1S/C11H13BrO3/c1-8-3-4-9(12)5-11(8)15-7-10(13)6-14-2/h3-5H,6-7H2,1-2H3.